The van der Waals surface area contributed by atoms with Gasteiger partial charge in [0.25, 0.3) is 0 Å². The first-order valence-electron chi connectivity index (χ1n) is 8.86. The highest BCUT2D eigenvalue weighted by molar-refractivity contribution is 5.78. The summed E-state index contributed by atoms with van der Waals surface area (Å²) in [6, 6.07) is 4.11. The van der Waals surface area contributed by atoms with Gasteiger partial charge >= 0.3 is 0 Å². The molecule has 0 unspecified atom stereocenters. The Morgan fingerprint density at radius 1 is 1.08 bits per heavy atom. The summed E-state index contributed by atoms with van der Waals surface area (Å²) in [4.78, 5) is 16.8. The lowest BCUT2D eigenvalue weighted by atomic mass is 9.99. The Morgan fingerprint density at radius 2 is 1.67 bits per heavy atom. The van der Waals surface area contributed by atoms with E-state index in [1.54, 1.807) is 14.2 Å². The van der Waals surface area contributed by atoms with Crippen molar-refractivity contribution in [1.82, 2.24) is 9.80 Å². The van der Waals surface area contributed by atoms with Crippen molar-refractivity contribution < 1.29 is 14.3 Å². The van der Waals surface area contributed by atoms with Gasteiger partial charge in [0.05, 0.1) is 20.8 Å². The van der Waals surface area contributed by atoms with Crippen LogP contribution < -0.4 is 9.47 Å². The Bertz CT molecular complexity index is 554. The van der Waals surface area contributed by atoms with Crippen molar-refractivity contribution in [3.8, 4) is 11.5 Å². The van der Waals surface area contributed by atoms with E-state index in [2.05, 4.69) is 24.8 Å². The van der Waals surface area contributed by atoms with Gasteiger partial charge in [0.2, 0.25) is 5.91 Å². The third-order valence-electron chi connectivity index (χ3n) is 4.50. The summed E-state index contributed by atoms with van der Waals surface area (Å²) >= 11 is 0. The molecule has 1 amide bonds. The Hall–Kier alpha value is -1.75. The lowest BCUT2D eigenvalue weighted by molar-refractivity contribution is -0.132. The van der Waals surface area contributed by atoms with E-state index in [0.29, 0.717) is 6.54 Å². The Balaban J connectivity index is 2.05. The number of benzene rings is 1. The molecule has 1 aromatic carbocycles. The Labute approximate surface area is 145 Å². The molecule has 2 rings (SSSR count). The van der Waals surface area contributed by atoms with E-state index < -0.39 is 0 Å². The quantitative estimate of drug-likeness (QED) is 0.733. The van der Waals surface area contributed by atoms with E-state index in [0.717, 1.165) is 56.9 Å². The first-order valence-corrected chi connectivity index (χ1v) is 8.86. The number of methoxy groups -OCH3 is 2. The first-order chi connectivity index (χ1) is 11.6. The predicted octanol–water partition coefficient (Wildman–Crippen LogP) is 2.71. The molecule has 0 spiro atoms. The molecule has 0 saturated heterocycles. The Morgan fingerprint density at radius 3 is 2.21 bits per heavy atom. The smallest absolute Gasteiger partial charge is 0.236 e. The van der Waals surface area contributed by atoms with Gasteiger partial charge in [0.15, 0.2) is 11.5 Å². The van der Waals surface area contributed by atoms with Crippen molar-refractivity contribution in [3.63, 3.8) is 0 Å². The molecule has 0 aliphatic carbocycles. The molecule has 0 bridgehead atoms. The molecule has 0 radical (unpaired) electrons. The zero-order valence-corrected chi connectivity index (χ0v) is 15.4. The number of carbonyl (C=O) groups excluding carboxylic acids is 1. The SMILES string of the molecule is CCCN(CCC)C(=O)CN1CCc2cc(OC)c(OC)cc2C1. The third kappa shape index (κ3) is 4.41. The van der Waals surface area contributed by atoms with Gasteiger partial charge in [-0.1, -0.05) is 13.8 Å². The fraction of sp³-hybridized carbons (Fsp3) is 0.632. The van der Waals surface area contributed by atoms with E-state index >= 15 is 0 Å². The van der Waals surface area contributed by atoms with E-state index in [9.17, 15) is 4.79 Å². The number of nitrogens with zero attached hydrogens (tertiary/aromatic N) is 2. The summed E-state index contributed by atoms with van der Waals surface area (Å²) in [5.41, 5.74) is 2.51. The second-order valence-electron chi connectivity index (χ2n) is 6.32. The van der Waals surface area contributed by atoms with E-state index in [1.165, 1.54) is 11.1 Å². The highest BCUT2D eigenvalue weighted by Crippen LogP contribution is 2.33. The van der Waals surface area contributed by atoms with Crippen molar-refractivity contribution in [2.45, 2.75) is 39.7 Å². The largest absolute Gasteiger partial charge is 0.493 e. The van der Waals surface area contributed by atoms with Gasteiger partial charge < -0.3 is 14.4 Å². The Kier molecular flexibility index (Phi) is 6.91. The highest BCUT2D eigenvalue weighted by atomic mass is 16.5. The topological polar surface area (TPSA) is 42.0 Å². The maximum atomic E-state index is 12.6. The first kappa shape index (κ1) is 18.6. The molecule has 0 saturated carbocycles. The average molecular weight is 334 g/mol. The molecular formula is C19H30N2O3. The fourth-order valence-electron chi connectivity index (χ4n) is 3.27. The van der Waals surface area contributed by atoms with Crippen LogP contribution in [-0.4, -0.2) is 56.1 Å². The third-order valence-corrected chi connectivity index (χ3v) is 4.50. The monoisotopic (exact) mass is 334 g/mol. The molecule has 0 atom stereocenters. The zero-order chi connectivity index (χ0) is 17.5. The summed E-state index contributed by atoms with van der Waals surface area (Å²) < 4.78 is 10.8. The normalized spacial score (nSPS) is 14.2. The predicted molar refractivity (Wildman–Crippen MR) is 95.7 cm³/mol. The van der Waals surface area contributed by atoms with Crippen molar-refractivity contribution in [2.75, 3.05) is 40.4 Å². The number of amides is 1. The van der Waals surface area contributed by atoms with Crippen molar-refractivity contribution >= 4 is 5.91 Å². The van der Waals surface area contributed by atoms with Crippen LogP contribution in [0, 0.1) is 0 Å². The van der Waals surface area contributed by atoms with Crippen molar-refractivity contribution in [1.29, 1.82) is 0 Å². The minimum Gasteiger partial charge on any atom is -0.493 e. The summed E-state index contributed by atoms with van der Waals surface area (Å²) in [6.45, 7) is 8.12. The summed E-state index contributed by atoms with van der Waals surface area (Å²) in [5.74, 6) is 1.77. The maximum absolute atomic E-state index is 12.6. The number of fused-ring (bicyclic) bond motifs is 1. The molecule has 1 aromatic rings. The highest BCUT2D eigenvalue weighted by Gasteiger charge is 2.22. The molecule has 5 nitrogen and oxygen atoms in total. The molecule has 24 heavy (non-hydrogen) atoms. The van der Waals surface area contributed by atoms with Crippen molar-refractivity contribution in [2.24, 2.45) is 0 Å². The molecule has 0 N–H and O–H groups in total. The van der Waals surface area contributed by atoms with Crippen LogP contribution in [-0.2, 0) is 17.8 Å². The standard InChI is InChI=1S/C19H30N2O3/c1-5-8-21(9-6-2)19(22)14-20-10-7-15-11-17(23-3)18(24-4)12-16(15)13-20/h11-12H,5-10,13-14H2,1-4H3. The summed E-state index contributed by atoms with van der Waals surface area (Å²) in [6.07, 6.45) is 2.95. The fourth-order valence-corrected chi connectivity index (χ4v) is 3.27. The van der Waals surface area contributed by atoms with Crippen LogP contribution in [0.15, 0.2) is 12.1 Å². The lowest BCUT2D eigenvalue weighted by Gasteiger charge is -2.31. The lowest BCUT2D eigenvalue weighted by Crippen LogP contribution is -2.42. The average Bonchev–Trinajstić information content (AvgIpc) is 2.60. The van der Waals surface area contributed by atoms with Gasteiger partial charge in [-0.3, -0.25) is 9.69 Å². The van der Waals surface area contributed by atoms with E-state index in [4.69, 9.17) is 9.47 Å². The maximum Gasteiger partial charge on any atom is 0.236 e. The van der Waals surface area contributed by atoms with Crippen LogP contribution in [0.25, 0.3) is 0 Å². The molecule has 1 aliphatic rings. The van der Waals surface area contributed by atoms with E-state index in [-0.39, 0.29) is 5.91 Å². The number of ether oxygens (including phenoxy) is 2. The molecule has 1 heterocycles. The molecule has 5 heteroatoms. The van der Waals surface area contributed by atoms with Crippen molar-refractivity contribution in [3.05, 3.63) is 23.3 Å². The van der Waals surface area contributed by atoms with Crippen LogP contribution in [0.4, 0.5) is 0 Å². The van der Waals surface area contributed by atoms with Gasteiger partial charge in [-0.05, 0) is 42.5 Å². The van der Waals surface area contributed by atoms with Gasteiger partial charge in [-0.15, -0.1) is 0 Å². The van der Waals surface area contributed by atoms with Crippen LogP contribution >= 0.6 is 0 Å². The molecule has 1 aliphatic heterocycles. The number of carbonyl (C=O) groups is 1. The number of rotatable bonds is 8. The second-order valence-corrected chi connectivity index (χ2v) is 6.32. The minimum absolute atomic E-state index is 0.239. The van der Waals surface area contributed by atoms with Gasteiger partial charge in [-0.25, -0.2) is 0 Å². The van der Waals surface area contributed by atoms with Crippen LogP contribution in [0.3, 0.4) is 0 Å². The van der Waals surface area contributed by atoms with Gasteiger partial charge in [-0.2, -0.15) is 0 Å². The molecular weight excluding hydrogens is 304 g/mol. The molecule has 134 valence electrons. The van der Waals surface area contributed by atoms with Crippen LogP contribution in [0.1, 0.15) is 37.8 Å². The molecule has 0 fully saturated rings. The van der Waals surface area contributed by atoms with Gasteiger partial charge in [0.1, 0.15) is 0 Å². The van der Waals surface area contributed by atoms with E-state index in [1.807, 2.05) is 11.0 Å². The van der Waals surface area contributed by atoms with Gasteiger partial charge in [0, 0.05) is 26.2 Å². The minimum atomic E-state index is 0.239. The zero-order valence-electron chi connectivity index (χ0n) is 15.4. The number of hydrogen-bond acceptors (Lipinski definition) is 4. The second kappa shape index (κ2) is 8.92. The molecule has 0 aromatic heterocycles. The van der Waals surface area contributed by atoms with Crippen LogP contribution in [0.5, 0.6) is 11.5 Å². The van der Waals surface area contributed by atoms with Crippen LogP contribution in [0.2, 0.25) is 0 Å². The number of hydrogen-bond donors (Lipinski definition) is 0. The summed E-state index contributed by atoms with van der Waals surface area (Å²) in [5, 5.41) is 0. The summed E-state index contributed by atoms with van der Waals surface area (Å²) in [7, 11) is 3.32.